The summed E-state index contributed by atoms with van der Waals surface area (Å²) in [6.45, 7) is 10.1. The summed E-state index contributed by atoms with van der Waals surface area (Å²) in [4.78, 5) is 26.3. The molecule has 3 saturated carbocycles. The lowest BCUT2D eigenvalue weighted by molar-refractivity contribution is -0.175. The summed E-state index contributed by atoms with van der Waals surface area (Å²) in [5, 5.41) is 44.3. The van der Waals surface area contributed by atoms with Crippen LogP contribution < -0.4 is 0 Å². The van der Waals surface area contributed by atoms with Gasteiger partial charge in [-0.15, -0.1) is 0 Å². The summed E-state index contributed by atoms with van der Waals surface area (Å²) in [7, 11) is 0. The van der Waals surface area contributed by atoms with Crippen LogP contribution in [0.4, 0.5) is 0 Å². The third-order valence-electron chi connectivity index (χ3n) is 10.2. The van der Waals surface area contributed by atoms with Gasteiger partial charge in [0.2, 0.25) is 0 Å². The maximum atomic E-state index is 13.2. The number of Topliss-reactive ketones (excluding diaryl/α,β-unsaturated/α-hetero) is 1. The van der Waals surface area contributed by atoms with Crippen LogP contribution in [0.5, 0.6) is 0 Å². The number of ketones is 2. The van der Waals surface area contributed by atoms with Crippen molar-refractivity contribution in [3.63, 3.8) is 0 Å². The molecular weight excluding hydrogens is 420 g/mol. The van der Waals surface area contributed by atoms with E-state index >= 15 is 0 Å². The highest BCUT2D eigenvalue weighted by Crippen LogP contribution is 2.68. The maximum absolute atomic E-state index is 13.2. The van der Waals surface area contributed by atoms with E-state index in [1.165, 1.54) is 6.08 Å². The Kier molecular flexibility index (Phi) is 6.26. The summed E-state index contributed by atoms with van der Waals surface area (Å²) in [6, 6.07) is 0. The molecule has 4 rings (SSSR count). The topological polar surface area (TPSA) is 115 Å². The quantitative estimate of drug-likeness (QED) is 0.499. The van der Waals surface area contributed by atoms with Gasteiger partial charge in [0.1, 0.15) is 5.78 Å². The molecule has 4 aliphatic carbocycles. The number of aliphatic hydroxyl groups excluding tert-OH is 3. The average Bonchev–Trinajstić information content (AvgIpc) is 2.98. The minimum Gasteiger partial charge on any atom is -0.392 e. The van der Waals surface area contributed by atoms with E-state index in [2.05, 4.69) is 13.8 Å². The Balaban J connectivity index is 1.70. The van der Waals surface area contributed by atoms with Gasteiger partial charge in [-0.2, -0.15) is 0 Å². The predicted octanol–water partition coefficient (Wildman–Crippen LogP) is 2.80. The van der Waals surface area contributed by atoms with Gasteiger partial charge in [-0.3, -0.25) is 9.59 Å². The first kappa shape index (κ1) is 25.0. The molecule has 4 N–H and O–H groups in total. The normalized spacial score (nSPS) is 48.1. The van der Waals surface area contributed by atoms with Crippen molar-refractivity contribution in [2.75, 3.05) is 0 Å². The molecular formula is C27H42O6. The number of carbonyl (C=O) groups is 2. The highest BCUT2D eigenvalue weighted by molar-refractivity contribution is 5.95. The van der Waals surface area contributed by atoms with Gasteiger partial charge in [-0.1, -0.05) is 34.6 Å². The van der Waals surface area contributed by atoms with E-state index in [-0.39, 0.29) is 36.2 Å². The van der Waals surface area contributed by atoms with Crippen molar-refractivity contribution in [1.82, 2.24) is 0 Å². The van der Waals surface area contributed by atoms with E-state index in [0.29, 0.717) is 37.2 Å². The fourth-order valence-electron chi connectivity index (χ4n) is 8.21. The third-order valence-corrected chi connectivity index (χ3v) is 10.2. The monoisotopic (exact) mass is 462 g/mol. The first-order chi connectivity index (χ1) is 15.3. The Morgan fingerprint density at radius 3 is 2.39 bits per heavy atom. The Hall–Kier alpha value is -1.08. The van der Waals surface area contributed by atoms with Gasteiger partial charge in [0.05, 0.1) is 23.9 Å². The second-order valence-corrected chi connectivity index (χ2v) is 12.5. The van der Waals surface area contributed by atoms with Crippen molar-refractivity contribution in [3.8, 4) is 0 Å². The highest BCUT2D eigenvalue weighted by atomic mass is 16.3. The molecule has 10 unspecified atom stereocenters. The van der Waals surface area contributed by atoms with E-state index < -0.39 is 46.6 Å². The van der Waals surface area contributed by atoms with E-state index in [1.54, 1.807) is 0 Å². The first-order valence-corrected chi connectivity index (χ1v) is 12.8. The van der Waals surface area contributed by atoms with E-state index in [0.717, 1.165) is 6.42 Å². The fraction of sp³-hybridized carbons (Fsp3) is 0.852. The summed E-state index contributed by atoms with van der Waals surface area (Å²) in [5.74, 6) is -0.706. The molecule has 6 nitrogen and oxygen atoms in total. The number of fused-ring (bicyclic) bond motifs is 5. The maximum Gasteiger partial charge on any atom is 0.159 e. The zero-order valence-corrected chi connectivity index (χ0v) is 20.8. The summed E-state index contributed by atoms with van der Waals surface area (Å²) in [5.41, 5.74) is -2.12. The molecule has 6 heteroatoms. The van der Waals surface area contributed by atoms with Crippen molar-refractivity contribution in [1.29, 1.82) is 0 Å². The molecule has 0 amide bonds. The van der Waals surface area contributed by atoms with Gasteiger partial charge in [0.25, 0.3) is 0 Å². The number of allylic oxidation sites excluding steroid dienone is 1. The molecule has 0 radical (unpaired) electrons. The molecule has 0 spiro atoms. The lowest BCUT2D eigenvalue weighted by Gasteiger charge is -2.61. The minimum absolute atomic E-state index is 0.0712. The SMILES string of the molecule is CC(C)CCC(=O)C(C)C1CCC2(O)C3=CC(=O)C4CC(O)C(O)CC4(C)C3C(O)CC12C. The summed E-state index contributed by atoms with van der Waals surface area (Å²) >= 11 is 0. The van der Waals surface area contributed by atoms with Crippen LogP contribution in [0.2, 0.25) is 0 Å². The second-order valence-electron chi connectivity index (χ2n) is 12.5. The fourth-order valence-corrected chi connectivity index (χ4v) is 8.21. The van der Waals surface area contributed by atoms with E-state index in [4.69, 9.17) is 0 Å². The van der Waals surface area contributed by atoms with Crippen LogP contribution >= 0.6 is 0 Å². The van der Waals surface area contributed by atoms with Gasteiger partial charge < -0.3 is 20.4 Å². The molecule has 0 bridgehead atoms. The van der Waals surface area contributed by atoms with Crippen molar-refractivity contribution in [2.24, 2.45) is 40.4 Å². The lowest BCUT2D eigenvalue weighted by Crippen LogP contribution is -2.64. The van der Waals surface area contributed by atoms with Gasteiger partial charge in [-0.25, -0.2) is 0 Å². The molecule has 0 aromatic rings. The van der Waals surface area contributed by atoms with Crippen molar-refractivity contribution in [3.05, 3.63) is 11.6 Å². The molecule has 4 aliphatic rings. The van der Waals surface area contributed by atoms with Gasteiger partial charge in [-0.05, 0) is 67.4 Å². The molecule has 0 saturated heterocycles. The van der Waals surface area contributed by atoms with Crippen LogP contribution in [0.1, 0.15) is 79.6 Å². The van der Waals surface area contributed by atoms with Gasteiger partial charge in [0.15, 0.2) is 5.78 Å². The summed E-state index contributed by atoms with van der Waals surface area (Å²) in [6.07, 6.45) is 2.08. The van der Waals surface area contributed by atoms with Crippen LogP contribution in [0.3, 0.4) is 0 Å². The Bertz CT molecular complexity index is 850. The zero-order valence-electron chi connectivity index (χ0n) is 20.8. The molecule has 186 valence electrons. The largest absolute Gasteiger partial charge is 0.392 e. The van der Waals surface area contributed by atoms with Gasteiger partial charge >= 0.3 is 0 Å². The Morgan fingerprint density at radius 1 is 1.09 bits per heavy atom. The van der Waals surface area contributed by atoms with Crippen molar-refractivity contribution < 1.29 is 30.0 Å². The molecule has 33 heavy (non-hydrogen) atoms. The average molecular weight is 463 g/mol. The Morgan fingerprint density at radius 2 is 1.76 bits per heavy atom. The number of rotatable bonds is 5. The first-order valence-electron chi connectivity index (χ1n) is 12.8. The zero-order chi connectivity index (χ0) is 24.5. The van der Waals surface area contributed by atoms with E-state index in [9.17, 15) is 30.0 Å². The van der Waals surface area contributed by atoms with Crippen LogP contribution in [-0.2, 0) is 9.59 Å². The molecule has 10 atom stereocenters. The van der Waals surface area contributed by atoms with Crippen LogP contribution in [0.25, 0.3) is 0 Å². The molecule has 0 aliphatic heterocycles. The van der Waals surface area contributed by atoms with Crippen molar-refractivity contribution in [2.45, 2.75) is 103 Å². The van der Waals surface area contributed by atoms with Gasteiger partial charge in [0, 0.05) is 29.6 Å². The van der Waals surface area contributed by atoms with Crippen LogP contribution in [0.15, 0.2) is 11.6 Å². The number of hydrogen-bond donors (Lipinski definition) is 4. The molecule has 0 aromatic heterocycles. The number of aliphatic hydroxyl groups is 4. The molecule has 0 heterocycles. The number of carbonyl (C=O) groups excluding carboxylic acids is 2. The van der Waals surface area contributed by atoms with Crippen molar-refractivity contribution >= 4 is 11.6 Å². The Labute approximate surface area is 197 Å². The summed E-state index contributed by atoms with van der Waals surface area (Å²) < 4.78 is 0. The molecule has 3 fully saturated rings. The number of hydrogen-bond acceptors (Lipinski definition) is 6. The van der Waals surface area contributed by atoms with Crippen LogP contribution in [-0.4, -0.2) is 55.9 Å². The minimum atomic E-state index is -1.27. The second kappa shape index (κ2) is 8.25. The predicted molar refractivity (Wildman–Crippen MR) is 124 cm³/mol. The third kappa shape index (κ3) is 3.59. The lowest BCUT2D eigenvalue weighted by atomic mass is 9.45. The smallest absolute Gasteiger partial charge is 0.159 e. The van der Waals surface area contributed by atoms with Crippen LogP contribution in [0, 0.1) is 40.4 Å². The molecule has 0 aromatic carbocycles. The standard InChI is InChI=1S/C27H42O6/c1-14(2)6-7-19(28)15(3)16-8-9-27(33)18-11-20(29)17-10-21(30)22(31)12-25(17,4)24(18)23(32)13-26(16,27)5/h11,14-17,21-24,30-33H,6-10,12-13H2,1-5H3. The van der Waals surface area contributed by atoms with E-state index in [1.807, 2.05) is 20.8 Å². The highest BCUT2D eigenvalue weighted by Gasteiger charge is 2.69.